The average Bonchev–Trinajstić information content (AvgIpc) is 3.12. The molecule has 1 saturated heterocycles. The Labute approximate surface area is 169 Å². The lowest BCUT2D eigenvalue weighted by molar-refractivity contribution is -0.368. The van der Waals surface area contributed by atoms with E-state index in [-0.39, 0.29) is 6.61 Å². The maximum Gasteiger partial charge on any atom is 0.225 e. The molecule has 1 spiro atoms. The first-order valence-corrected chi connectivity index (χ1v) is 9.70. The Morgan fingerprint density at radius 1 is 1.00 bits per heavy atom. The first kappa shape index (κ1) is 20.3. The lowest BCUT2D eigenvalue weighted by Gasteiger charge is -2.46. The Balaban J connectivity index is 1.57. The van der Waals surface area contributed by atoms with Crippen molar-refractivity contribution >= 4 is 0 Å². The van der Waals surface area contributed by atoms with Gasteiger partial charge in [0.2, 0.25) is 5.79 Å². The second kappa shape index (κ2) is 8.02. The molecule has 1 fully saturated rings. The van der Waals surface area contributed by atoms with E-state index in [0.717, 1.165) is 29.7 Å². The largest absolute Gasteiger partial charge is 0.497 e. The normalized spacial score (nSPS) is 31.1. The van der Waals surface area contributed by atoms with E-state index in [1.54, 1.807) is 7.11 Å². The third kappa shape index (κ3) is 3.54. The Hall–Kier alpha value is -2.00. The number of aliphatic hydroxyl groups excluding tert-OH is 4. The highest BCUT2D eigenvalue weighted by Gasteiger charge is 2.58. The van der Waals surface area contributed by atoms with Crippen LogP contribution in [0.5, 0.6) is 5.75 Å². The molecule has 0 saturated carbocycles. The fraction of sp³-hybridized carbons (Fsp3) is 0.455. The second-order valence-corrected chi connectivity index (χ2v) is 7.56. The van der Waals surface area contributed by atoms with Crippen LogP contribution in [0.3, 0.4) is 0 Å². The molecule has 5 atom stereocenters. The van der Waals surface area contributed by atoms with Gasteiger partial charge in [0.15, 0.2) is 0 Å². The van der Waals surface area contributed by atoms with Crippen LogP contribution < -0.4 is 4.74 Å². The highest BCUT2D eigenvalue weighted by Crippen LogP contribution is 2.46. The van der Waals surface area contributed by atoms with E-state index in [9.17, 15) is 20.4 Å². The van der Waals surface area contributed by atoms with Gasteiger partial charge in [-0.2, -0.15) is 0 Å². The minimum atomic E-state index is -1.60. The zero-order valence-electron chi connectivity index (χ0n) is 16.2. The molecule has 0 bridgehead atoms. The lowest BCUT2D eigenvalue weighted by atomic mass is 9.86. The molecule has 0 aliphatic carbocycles. The van der Waals surface area contributed by atoms with Crippen LogP contribution in [0.1, 0.15) is 22.3 Å². The van der Waals surface area contributed by atoms with Crippen LogP contribution in [0, 0.1) is 0 Å². The molecule has 4 N–H and O–H groups in total. The van der Waals surface area contributed by atoms with Gasteiger partial charge >= 0.3 is 0 Å². The van der Waals surface area contributed by atoms with E-state index in [2.05, 4.69) is 0 Å². The third-order valence-corrected chi connectivity index (χ3v) is 5.80. The molecule has 2 aromatic rings. The quantitative estimate of drug-likeness (QED) is 0.581. The minimum Gasteiger partial charge on any atom is -0.497 e. The number of hydrogen-bond donors (Lipinski definition) is 4. The molecule has 2 aliphatic heterocycles. The molecule has 156 valence electrons. The van der Waals surface area contributed by atoms with Gasteiger partial charge in [0.1, 0.15) is 30.2 Å². The van der Waals surface area contributed by atoms with Gasteiger partial charge in [0.05, 0.1) is 20.3 Å². The van der Waals surface area contributed by atoms with Crippen LogP contribution in [0.15, 0.2) is 42.5 Å². The van der Waals surface area contributed by atoms with E-state index >= 15 is 0 Å². The molecule has 1 unspecified atom stereocenters. The number of hydrogen-bond acceptors (Lipinski definition) is 7. The number of rotatable bonds is 5. The summed E-state index contributed by atoms with van der Waals surface area (Å²) in [6.45, 7) is -0.283. The van der Waals surface area contributed by atoms with E-state index in [4.69, 9.17) is 14.2 Å². The summed E-state index contributed by atoms with van der Waals surface area (Å²) in [4.78, 5) is 0. The number of fused-ring (bicyclic) bond motifs is 2. The summed E-state index contributed by atoms with van der Waals surface area (Å²) in [6.07, 6.45) is -3.83. The smallest absolute Gasteiger partial charge is 0.225 e. The molecule has 2 aliphatic rings. The van der Waals surface area contributed by atoms with Gasteiger partial charge in [-0.3, -0.25) is 0 Å². The zero-order chi connectivity index (χ0) is 20.6. The van der Waals surface area contributed by atoms with Crippen molar-refractivity contribution in [1.82, 2.24) is 0 Å². The number of benzene rings is 2. The third-order valence-electron chi connectivity index (χ3n) is 5.80. The minimum absolute atomic E-state index is 0.214. The van der Waals surface area contributed by atoms with Gasteiger partial charge in [-0.05, 0) is 47.7 Å². The van der Waals surface area contributed by atoms with Gasteiger partial charge in [0, 0.05) is 5.56 Å². The molecule has 29 heavy (non-hydrogen) atoms. The highest BCUT2D eigenvalue weighted by molar-refractivity contribution is 5.40. The molecule has 2 aromatic carbocycles. The van der Waals surface area contributed by atoms with Crippen LogP contribution in [-0.4, -0.2) is 58.6 Å². The van der Waals surface area contributed by atoms with E-state index in [1.165, 1.54) is 5.56 Å². The fourth-order valence-electron chi connectivity index (χ4n) is 4.06. The molecule has 7 nitrogen and oxygen atoms in total. The molecular formula is C22H26O7. The van der Waals surface area contributed by atoms with Gasteiger partial charge in [-0.15, -0.1) is 0 Å². The number of aliphatic hydroxyl groups is 4. The fourth-order valence-corrected chi connectivity index (χ4v) is 4.06. The van der Waals surface area contributed by atoms with Crippen molar-refractivity contribution in [3.63, 3.8) is 0 Å². The molecule has 7 heteroatoms. The summed E-state index contributed by atoms with van der Waals surface area (Å²) in [5, 5.41) is 40.5. The maximum absolute atomic E-state index is 10.7. The van der Waals surface area contributed by atoms with Crippen LogP contribution in [0.2, 0.25) is 0 Å². The standard InChI is InChI=1S/C22H26O7/c1-27-16-8-5-13(6-9-16)2-3-14-4-7-15-12-28-22(17(15)10-14)21(26)20(25)19(24)18(11-23)29-22/h4-10,18-21,23-26H,2-3,11-12H2,1H3/t18-,19-,20+,21-,22?/m1/s1. The lowest BCUT2D eigenvalue weighted by Crippen LogP contribution is -2.63. The molecule has 0 radical (unpaired) electrons. The Morgan fingerprint density at radius 3 is 2.38 bits per heavy atom. The Kier molecular flexibility index (Phi) is 5.61. The van der Waals surface area contributed by atoms with Gasteiger partial charge in [-0.25, -0.2) is 0 Å². The van der Waals surface area contributed by atoms with Gasteiger partial charge in [0.25, 0.3) is 0 Å². The topological polar surface area (TPSA) is 109 Å². The van der Waals surface area contributed by atoms with E-state index in [1.807, 2.05) is 42.5 Å². The molecule has 4 rings (SSSR count). The van der Waals surface area contributed by atoms with Crippen LogP contribution in [0.25, 0.3) is 0 Å². The van der Waals surface area contributed by atoms with Crippen LogP contribution in [-0.2, 0) is 34.7 Å². The SMILES string of the molecule is COc1ccc(CCc2ccc3c(c2)C2(OC3)O[C@H](CO)[C@@H](O)[C@H](O)[C@H]2O)cc1. The summed E-state index contributed by atoms with van der Waals surface area (Å²) < 4.78 is 16.8. The van der Waals surface area contributed by atoms with Crippen molar-refractivity contribution in [1.29, 1.82) is 0 Å². The molecular weight excluding hydrogens is 376 g/mol. The van der Waals surface area contributed by atoms with Crippen molar-refractivity contribution in [3.05, 3.63) is 64.7 Å². The van der Waals surface area contributed by atoms with Crippen LogP contribution in [0.4, 0.5) is 0 Å². The van der Waals surface area contributed by atoms with Crippen molar-refractivity contribution in [2.24, 2.45) is 0 Å². The van der Waals surface area contributed by atoms with Crippen LogP contribution >= 0.6 is 0 Å². The number of aryl methyl sites for hydroxylation is 2. The van der Waals surface area contributed by atoms with E-state index < -0.39 is 36.8 Å². The summed E-state index contributed by atoms with van der Waals surface area (Å²) in [6, 6.07) is 13.7. The molecule has 0 amide bonds. The first-order chi connectivity index (χ1) is 14.0. The summed E-state index contributed by atoms with van der Waals surface area (Å²) >= 11 is 0. The van der Waals surface area contributed by atoms with Crippen molar-refractivity contribution in [2.75, 3.05) is 13.7 Å². The second-order valence-electron chi connectivity index (χ2n) is 7.56. The number of ether oxygens (including phenoxy) is 3. The predicted octanol–water partition coefficient (Wildman–Crippen LogP) is 0.637. The van der Waals surface area contributed by atoms with Crippen molar-refractivity contribution in [2.45, 2.75) is 49.7 Å². The van der Waals surface area contributed by atoms with E-state index in [0.29, 0.717) is 5.56 Å². The zero-order valence-corrected chi connectivity index (χ0v) is 16.2. The summed E-state index contributed by atoms with van der Waals surface area (Å²) in [7, 11) is 1.64. The number of methoxy groups -OCH3 is 1. The van der Waals surface area contributed by atoms with Gasteiger partial charge < -0.3 is 34.6 Å². The monoisotopic (exact) mass is 402 g/mol. The average molecular weight is 402 g/mol. The molecule has 2 heterocycles. The molecule has 0 aromatic heterocycles. The maximum atomic E-state index is 10.7. The summed E-state index contributed by atoms with van der Waals surface area (Å²) in [5.41, 5.74) is 3.67. The Morgan fingerprint density at radius 2 is 1.69 bits per heavy atom. The highest BCUT2D eigenvalue weighted by atomic mass is 16.7. The first-order valence-electron chi connectivity index (χ1n) is 9.70. The predicted molar refractivity (Wildman–Crippen MR) is 103 cm³/mol. The van der Waals surface area contributed by atoms with Crippen molar-refractivity contribution in [3.8, 4) is 5.75 Å². The Bertz CT molecular complexity index is 851. The van der Waals surface area contributed by atoms with Crippen molar-refractivity contribution < 1.29 is 34.6 Å². The van der Waals surface area contributed by atoms with Gasteiger partial charge in [-0.1, -0.05) is 24.3 Å². The summed E-state index contributed by atoms with van der Waals surface area (Å²) in [5.74, 6) is -0.787.